The van der Waals surface area contributed by atoms with Crippen molar-refractivity contribution in [2.75, 3.05) is 19.7 Å². The standard InChI is InChI=1S/C30H30N4O7S/c35-25-18-34(42(38,39)28-14-6-7-15-31-28)16-8-12-23(25)32-29(36)24(20-40-19-21-9-2-1-3-10-21)33-30(37)27-17-22-11-4-5-13-26(22)41-27/h1-7,9-11,13-15,17,23-24H,8,12,16,18-20H2,(H,32,36)(H,33,37)/t23-,24?/m0/s1. The van der Waals surface area contributed by atoms with Gasteiger partial charge in [0.1, 0.15) is 11.6 Å². The Morgan fingerprint density at radius 2 is 1.81 bits per heavy atom. The van der Waals surface area contributed by atoms with E-state index in [1.165, 1.54) is 12.3 Å². The summed E-state index contributed by atoms with van der Waals surface area (Å²) in [5, 5.41) is 5.95. The molecule has 1 aliphatic heterocycles. The monoisotopic (exact) mass is 590 g/mol. The van der Waals surface area contributed by atoms with Crippen molar-refractivity contribution in [2.24, 2.45) is 0 Å². The summed E-state index contributed by atoms with van der Waals surface area (Å²) >= 11 is 0. The van der Waals surface area contributed by atoms with E-state index in [0.717, 1.165) is 15.3 Å². The maximum Gasteiger partial charge on any atom is 0.287 e. The van der Waals surface area contributed by atoms with Gasteiger partial charge in [0.25, 0.3) is 15.9 Å². The zero-order valence-corrected chi connectivity index (χ0v) is 23.5. The van der Waals surface area contributed by atoms with E-state index >= 15 is 0 Å². The summed E-state index contributed by atoms with van der Waals surface area (Å²) in [4.78, 5) is 43.5. The Bertz CT molecular complexity index is 1630. The molecule has 4 aromatic rings. The summed E-state index contributed by atoms with van der Waals surface area (Å²) in [5.41, 5.74) is 1.41. The third-order valence-corrected chi connectivity index (χ3v) is 8.61. The van der Waals surface area contributed by atoms with Gasteiger partial charge in [0.05, 0.1) is 25.8 Å². The number of aromatic nitrogens is 1. The van der Waals surface area contributed by atoms with Crippen LogP contribution in [0.15, 0.2) is 94.5 Å². The SMILES string of the molecule is O=C(NC(COCc1ccccc1)C(=O)N[C@H]1CCCN(S(=O)(=O)c2ccccn2)CC1=O)c1cc2ccccc2o1. The first-order valence-corrected chi connectivity index (χ1v) is 14.9. The second kappa shape index (κ2) is 13.1. The molecule has 2 aromatic carbocycles. The van der Waals surface area contributed by atoms with Gasteiger partial charge in [0.2, 0.25) is 5.91 Å². The van der Waals surface area contributed by atoms with Crippen LogP contribution in [0.5, 0.6) is 0 Å². The molecule has 0 saturated carbocycles. The van der Waals surface area contributed by atoms with Crippen molar-refractivity contribution in [1.82, 2.24) is 19.9 Å². The van der Waals surface area contributed by atoms with E-state index in [9.17, 15) is 22.8 Å². The van der Waals surface area contributed by atoms with Gasteiger partial charge in [-0.1, -0.05) is 54.6 Å². The maximum atomic E-state index is 13.4. The predicted octanol–water partition coefficient (Wildman–Crippen LogP) is 2.68. The van der Waals surface area contributed by atoms with E-state index in [-0.39, 0.29) is 37.0 Å². The molecule has 3 heterocycles. The van der Waals surface area contributed by atoms with Crippen molar-refractivity contribution in [3.63, 3.8) is 0 Å². The summed E-state index contributed by atoms with van der Waals surface area (Å²) in [6, 6.07) is 20.5. The first-order chi connectivity index (χ1) is 20.3. The van der Waals surface area contributed by atoms with Crippen LogP contribution in [-0.2, 0) is 31.0 Å². The molecule has 0 bridgehead atoms. The molecule has 42 heavy (non-hydrogen) atoms. The Balaban J connectivity index is 1.27. The predicted molar refractivity (Wildman–Crippen MR) is 153 cm³/mol. The number of ketones is 1. The van der Waals surface area contributed by atoms with Gasteiger partial charge < -0.3 is 19.8 Å². The normalized spacial score (nSPS) is 17.0. The largest absolute Gasteiger partial charge is 0.451 e. The molecule has 1 fully saturated rings. The second-order valence-corrected chi connectivity index (χ2v) is 11.7. The summed E-state index contributed by atoms with van der Waals surface area (Å²) in [6.45, 7) is -0.282. The third-order valence-electron chi connectivity index (χ3n) is 6.85. The number of amides is 2. The van der Waals surface area contributed by atoms with Crippen molar-refractivity contribution < 1.29 is 32.0 Å². The minimum absolute atomic E-state index is 0.0259. The van der Waals surface area contributed by atoms with Crippen molar-refractivity contribution in [2.45, 2.75) is 36.6 Å². The van der Waals surface area contributed by atoms with Crippen molar-refractivity contribution >= 4 is 38.6 Å². The number of hydrogen-bond donors (Lipinski definition) is 2. The number of Topliss-reactive ketones (excluding diaryl/α,β-unsaturated/α-hetero) is 1. The van der Waals surface area contributed by atoms with Gasteiger partial charge in [0, 0.05) is 18.1 Å². The Morgan fingerprint density at radius 3 is 2.57 bits per heavy atom. The number of pyridine rings is 1. The van der Waals surface area contributed by atoms with Crippen LogP contribution in [0.3, 0.4) is 0 Å². The lowest BCUT2D eigenvalue weighted by atomic mass is 10.1. The molecular weight excluding hydrogens is 560 g/mol. The van der Waals surface area contributed by atoms with Crippen LogP contribution in [-0.4, -0.2) is 67.1 Å². The number of fused-ring (bicyclic) bond motifs is 1. The molecule has 0 radical (unpaired) electrons. The molecule has 0 spiro atoms. The second-order valence-electron chi connectivity index (χ2n) is 9.85. The van der Waals surface area contributed by atoms with E-state index in [1.807, 2.05) is 36.4 Å². The number of hydrogen-bond acceptors (Lipinski definition) is 8. The highest BCUT2D eigenvalue weighted by Gasteiger charge is 2.35. The highest BCUT2D eigenvalue weighted by Crippen LogP contribution is 2.20. The van der Waals surface area contributed by atoms with E-state index < -0.39 is 46.2 Å². The van der Waals surface area contributed by atoms with Gasteiger partial charge in [0.15, 0.2) is 16.6 Å². The fraction of sp³-hybridized carbons (Fsp3) is 0.267. The van der Waals surface area contributed by atoms with E-state index in [2.05, 4.69) is 15.6 Å². The lowest BCUT2D eigenvalue weighted by Crippen LogP contribution is -2.54. The fourth-order valence-electron chi connectivity index (χ4n) is 4.63. The Hall–Kier alpha value is -4.39. The van der Waals surface area contributed by atoms with E-state index in [0.29, 0.717) is 12.0 Å². The smallest absolute Gasteiger partial charge is 0.287 e. The number of carbonyl (C=O) groups excluding carboxylic acids is 3. The first kappa shape index (κ1) is 29.1. The molecule has 12 heteroatoms. The Morgan fingerprint density at radius 1 is 1.05 bits per heavy atom. The van der Waals surface area contributed by atoms with Gasteiger partial charge in [-0.2, -0.15) is 4.31 Å². The number of sulfonamides is 1. The van der Waals surface area contributed by atoms with Crippen LogP contribution < -0.4 is 10.6 Å². The zero-order chi connectivity index (χ0) is 29.5. The molecule has 1 aliphatic rings. The summed E-state index contributed by atoms with van der Waals surface area (Å²) in [5.74, 6) is -1.69. The average molecular weight is 591 g/mol. The van der Waals surface area contributed by atoms with Gasteiger partial charge in [-0.3, -0.25) is 14.4 Å². The van der Waals surface area contributed by atoms with Crippen LogP contribution >= 0.6 is 0 Å². The van der Waals surface area contributed by atoms with Gasteiger partial charge in [-0.25, -0.2) is 13.4 Å². The maximum absolute atomic E-state index is 13.4. The minimum atomic E-state index is -3.98. The number of para-hydroxylation sites is 1. The molecule has 2 amide bonds. The molecule has 1 saturated heterocycles. The number of carbonyl (C=O) groups is 3. The topological polar surface area (TPSA) is 148 Å². The average Bonchev–Trinajstić information content (AvgIpc) is 3.36. The zero-order valence-electron chi connectivity index (χ0n) is 22.6. The number of ether oxygens (including phenoxy) is 1. The fourth-order valence-corrected chi connectivity index (χ4v) is 6.01. The molecule has 2 aromatic heterocycles. The van der Waals surface area contributed by atoms with Crippen LogP contribution in [0.25, 0.3) is 11.0 Å². The number of benzene rings is 2. The number of rotatable bonds is 10. The van der Waals surface area contributed by atoms with Gasteiger partial charge in [-0.05, 0) is 42.7 Å². The lowest BCUT2D eigenvalue weighted by Gasteiger charge is -2.22. The Kier molecular flexibility index (Phi) is 9.06. The summed E-state index contributed by atoms with van der Waals surface area (Å²) < 4.78 is 38.5. The first-order valence-electron chi connectivity index (χ1n) is 13.5. The highest BCUT2D eigenvalue weighted by molar-refractivity contribution is 7.89. The van der Waals surface area contributed by atoms with E-state index in [4.69, 9.17) is 9.15 Å². The molecule has 0 aliphatic carbocycles. The lowest BCUT2D eigenvalue weighted by molar-refractivity contribution is -0.129. The van der Waals surface area contributed by atoms with Crippen molar-refractivity contribution in [3.8, 4) is 0 Å². The molecule has 11 nitrogen and oxygen atoms in total. The van der Waals surface area contributed by atoms with Crippen LogP contribution in [0.2, 0.25) is 0 Å². The molecule has 218 valence electrons. The van der Waals surface area contributed by atoms with Crippen LogP contribution in [0.1, 0.15) is 29.0 Å². The number of furan rings is 1. The molecular formula is C30H30N4O7S. The molecule has 2 atom stereocenters. The van der Waals surface area contributed by atoms with E-state index in [1.54, 1.807) is 36.4 Å². The number of nitrogens with one attached hydrogen (secondary N) is 2. The summed E-state index contributed by atoms with van der Waals surface area (Å²) in [6.07, 6.45) is 1.94. The summed E-state index contributed by atoms with van der Waals surface area (Å²) in [7, 11) is -3.98. The quantitative estimate of drug-likeness (QED) is 0.287. The Labute approximate surface area is 242 Å². The van der Waals surface area contributed by atoms with Gasteiger partial charge >= 0.3 is 0 Å². The molecule has 1 unspecified atom stereocenters. The van der Waals surface area contributed by atoms with Crippen LogP contribution in [0, 0.1) is 0 Å². The molecule has 5 rings (SSSR count). The van der Waals surface area contributed by atoms with Crippen molar-refractivity contribution in [3.05, 3.63) is 96.4 Å². The highest BCUT2D eigenvalue weighted by atomic mass is 32.2. The van der Waals surface area contributed by atoms with Crippen LogP contribution in [0.4, 0.5) is 0 Å². The van der Waals surface area contributed by atoms with Gasteiger partial charge in [-0.15, -0.1) is 0 Å². The minimum Gasteiger partial charge on any atom is -0.451 e. The van der Waals surface area contributed by atoms with Crippen molar-refractivity contribution in [1.29, 1.82) is 0 Å². The third kappa shape index (κ3) is 6.90. The number of nitrogens with zero attached hydrogens (tertiary/aromatic N) is 2. The molecule has 2 N–H and O–H groups in total.